The van der Waals surface area contributed by atoms with E-state index in [1.807, 2.05) is 6.07 Å². The van der Waals surface area contributed by atoms with Crippen LogP contribution in [0.15, 0.2) is 30.3 Å². The topological polar surface area (TPSA) is 64.1 Å². The summed E-state index contributed by atoms with van der Waals surface area (Å²) in [5, 5.41) is 9.93. The molecule has 1 aliphatic heterocycles. The Morgan fingerprint density at radius 3 is 2.24 bits per heavy atom. The van der Waals surface area contributed by atoms with Gasteiger partial charge in [0.25, 0.3) is 0 Å². The van der Waals surface area contributed by atoms with Crippen molar-refractivity contribution >= 4 is 17.7 Å². The monoisotopic (exact) mass is 235 g/mol. The Balaban J connectivity index is 2.40. The molecule has 0 radical (unpaired) electrons. The molecule has 0 saturated carbocycles. The lowest BCUT2D eigenvalue weighted by atomic mass is 10.3. The highest BCUT2D eigenvalue weighted by molar-refractivity contribution is 6.04. The van der Waals surface area contributed by atoms with E-state index in [2.05, 4.69) is 0 Å². The number of hydrogen-bond donors (Lipinski definition) is 1. The van der Waals surface area contributed by atoms with Gasteiger partial charge in [0.1, 0.15) is 0 Å². The molecule has 1 aromatic carbocycles. The summed E-state index contributed by atoms with van der Waals surface area (Å²) in [5.41, 5.74) is 0.538. The van der Waals surface area contributed by atoms with Crippen LogP contribution in [0.5, 0.6) is 0 Å². The first-order chi connectivity index (χ1) is 8.04. The van der Waals surface area contributed by atoms with E-state index in [1.54, 1.807) is 24.3 Å². The molecule has 1 heterocycles. The van der Waals surface area contributed by atoms with Crippen LogP contribution in [-0.2, 0) is 0 Å². The van der Waals surface area contributed by atoms with Gasteiger partial charge in [-0.15, -0.1) is 0 Å². The van der Waals surface area contributed by atoms with Crippen LogP contribution in [0, 0.1) is 0 Å². The summed E-state index contributed by atoms with van der Waals surface area (Å²) in [6, 6.07) is 7.62. The Hall–Kier alpha value is -2.08. The summed E-state index contributed by atoms with van der Waals surface area (Å²) in [6.07, 6.45) is -1.28. The fraction of sp³-hybridized carbons (Fsp3) is 0.273. The molecule has 2 rings (SSSR count). The van der Waals surface area contributed by atoms with Crippen LogP contribution in [0.3, 0.4) is 0 Å². The molecule has 1 saturated heterocycles. The number of benzene rings is 1. The average molecular weight is 235 g/mol. The lowest BCUT2D eigenvalue weighted by molar-refractivity contribution is 0.0246. The van der Waals surface area contributed by atoms with Gasteiger partial charge >= 0.3 is 12.1 Å². The molecule has 0 aromatic heterocycles. The molecule has 1 aromatic rings. The third-order valence-electron chi connectivity index (χ3n) is 2.69. The highest BCUT2D eigenvalue weighted by Gasteiger charge is 2.40. The smallest absolute Gasteiger partial charge is 0.335 e. The minimum atomic E-state index is -1.28. The summed E-state index contributed by atoms with van der Waals surface area (Å²) in [4.78, 5) is 26.7. The fourth-order valence-electron chi connectivity index (χ4n) is 1.68. The second-order valence-electron chi connectivity index (χ2n) is 3.79. The number of rotatable bonds is 1. The largest absolute Gasteiger partial charge is 0.356 e. The van der Waals surface area contributed by atoms with Gasteiger partial charge < -0.3 is 5.11 Å². The molecule has 4 amide bonds. The van der Waals surface area contributed by atoms with Crippen LogP contribution in [0.4, 0.5) is 15.3 Å². The summed E-state index contributed by atoms with van der Waals surface area (Å²) < 4.78 is 0. The van der Waals surface area contributed by atoms with Crippen molar-refractivity contribution in [1.82, 2.24) is 9.80 Å². The van der Waals surface area contributed by atoms with Gasteiger partial charge in [0.2, 0.25) is 6.35 Å². The molecule has 0 bridgehead atoms. The molecule has 17 heavy (non-hydrogen) atoms. The van der Waals surface area contributed by atoms with Crippen molar-refractivity contribution in [1.29, 1.82) is 0 Å². The average Bonchev–Trinajstić information content (AvgIpc) is 2.36. The number of carbonyl (C=O) groups excluding carboxylic acids is 2. The number of hydrogen-bond acceptors (Lipinski definition) is 3. The van der Waals surface area contributed by atoms with E-state index in [0.29, 0.717) is 5.69 Å². The molecular weight excluding hydrogens is 222 g/mol. The standard InChI is InChI=1S/C11H13N3O3/c1-12-9(15)13(2)11(17)14(10(12)16)8-6-4-3-5-7-8/h3-7,10,16H,1-2H3. The minimum Gasteiger partial charge on any atom is -0.356 e. The summed E-state index contributed by atoms with van der Waals surface area (Å²) in [6.45, 7) is 0. The van der Waals surface area contributed by atoms with Gasteiger partial charge in [0.15, 0.2) is 0 Å². The molecule has 90 valence electrons. The van der Waals surface area contributed by atoms with E-state index < -0.39 is 18.4 Å². The second kappa shape index (κ2) is 4.06. The zero-order valence-electron chi connectivity index (χ0n) is 9.57. The zero-order chi connectivity index (χ0) is 12.6. The van der Waals surface area contributed by atoms with Crippen molar-refractivity contribution in [3.05, 3.63) is 30.3 Å². The molecule has 1 aliphatic rings. The van der Waals surface area contributed by atoms with Crippen molar-refractivity contribution in [2.75, 3.05) is 19.0 Å². The Kier molecular flexibility index (Phi) is 2.72. The van der Waals surface area contributed by atoms with Crippen molar-refractivity contribution in [3.8, 4) is 0 Å². The Bertz CT molecular complexity index is 449. The van der Waals surface area contributed by atoms with Gasteiger partial charge in [-0.25, -0.2) is 19.4 Å². The van der Waals surface area contributed by atoms with Gasteiger partial charge in [-0.05, 0) is 12.1 Å². The Labute approximate surface area is 98.6 Å². The molecule has 1 atom stereocenters. The number of anilines is 1. The maximum absolute atomic E-state index is 11.9. The maximum atomic E-state index is 11.9. The summed E-state index contributed by atoms with van der Waals surface area (Å²) in [7, 11) is 2.81. The zero-order valence-corrected chi connectivity index (χ0v) is 9.57. The highest BCUT2D eigenvalue weighted by atomic mass is 16.3. The van der Waals surface area contributed by atoms with Crippen LogP contribution in [0.2, 0.25) is 0 Å². The molecule has 0 spiro atoms. The van der Waals surface area contributed by atoms with E-state index in [0.717, 1.165) is 14.7 Å². The number of para-hydroxylation sites is 1. The predicted molar refractivity (Wildman–Crippen MR) is 61.2 cm³/mol. The van der Waals surface area contributed by atoms with Crippen molar-refractivity contribution in [2.45, 2.75) is 6.35 Å². The Morgan fingerprint density at radius 1 is 1.06 bits per heavy atom. The van der Waals surface area contributed by atoms with E-state index in [-0.39, 0.29) is 0 Å². The first-order valence-electron chi connectivity index (χ1n) is 5.11. The van der Waals surface area contributed by atoms with Gasteiger partial charge in [-0.2, -0.15) is 0 Å². The van der Waals surface area contributed by atoms with Crippen molar-refractivity contribution in [3.63, 3.8) is 0 Å². The molecule has 6 heteroatoms. The van der Waals surface area contributed by atoms with E-state index in [9.17, 15) is 14.7 Å². The molecule has 1 fully saturated rings. The Morgan fingerprint density at radius 2 is 1.65 bits per heavy atom. The lowest BCUT2D eigenvalue weighted by Gasteiger charge is -2.41. The number of urea groups is 2. The second-order valence-corrected chi connectivity index (χ2v) is 3.79. The van der Waals surface area contributed by atoms with Crippen LogP contribution in [0.25, 0.3) is 0 Å². The molecule has 6 nitrogen and oxygen atoms in total. The summed E-state index contributed by atoms with van der Waals surface area (Å²) >= 11 is 0. The van der Waals surface area contributed by atoms with Crippen molar-refractivity contribution in [2.24, 2.45) is 0 Å². The van der Waals surface area contributed by atoms with E-state index in [4.69, 9.17) is 0 Å². The number of aliphatic hydroxyl groups excluding tert-OH is 1. The SMILES string of the molecule is CN1C(=O)N(C)C(O)N(c2ccccc2)C1=O. The number of imide groups is 1. The quantitative estimate of drug-likeness (QED) is 0.786. The summed E-state index contributed by atoms with van der Waals surface area (Å²) in [5.74, 6) is 0. The van der Waals surface area contributed by atoms with Gasteiger partial charge in [-0.3, -0.25) is 4.90 Å². The van der Waals surface area contributed by atoms with Gasteiger partial charge in [-0.1, -0.05) is 18.2 Å². The van der Waals surface area contributed by atoms with Crippen LogP contribution in [0.1, 0.15) is 0 Å². The molecule has 1 unspecified atom stereocenters. The first kappa shape index (κ1) is 11.4. The third kappa shape index (κ3) is 1.72. The highest BCUT2D eigenvalue weighted by Crippen LogP contribution is 2.22. The molecule has 1 N–H and O–H groups in total. The molecule has 0 aliphatic carbocycles. The van der Waals surface area contributed by atoms with Crippen LogP contribution < -0.4 is 4.90 Å². The maximum Gasteiger partial charge on any atom is 0.335 e. The van der Waals surface area contributed by atoms with Crippen LogP contribution in [-0.4, -0.2) is 47.4 Å². The fourth-order valence-corrected chi connectivity index (χ4v) is 1.68. The number of nitrogens with zero attached hydrogens (tertiary/aromatic N) is 3. The lowest BCUT2D eigenvalue weighted by Crippen LogP contribution is -2.64. The van der Waals surface area contributed by atoms with E-state index >= 15 is 0 Å². The van der Waals surface area contributed by atoms with Gasteiger partial charge in [0.05, 0.1) is 0 Å². The van der Waals surface area contributed by atoms with Crippen molar-refractivity contribution < 1.29 is 14.7 Å². The third-order valence-corrected chi connectivity index (χ3v) is 2.69. The minimum absolute atomic E-state index is 0.533. The predicted octanol–water partition coefficient (Wildman–Crippen LogP) is 0.886. The molecular formula is C11H13N3O3. The normalized spacial score (nSPS) is 21.1. The number of carbonyl (C=O) groups is 2. The first-order valence-corrected chi connectivity index (χ1v) is 5.11. The van der Waals surface area contributed by atoms with Gasteiger partial charge in [0, 0.05) is 19.8 Å². The van der Waals surface area contributed by atoms with E-state index in [1.165, 1.54) is 14.1 Å². The number of aliphatic hydroxyl groups is 1. The number of amides is 4. The van der Waals surface area contributed by atoms with Crippen LogP contribution >= 0.6 is 0 Å².